The van der Waals surface area contributed by atoms with Crippen molar-refractivity contribution in [1.82, 2.24) is 4.98 Å². The van der Waals surface area contributed by atoms with E-state index >= 15 is 0 Å². The first-order valence-corrected chi connectivity index (χ1v) is 8.56. The summed E-state index contributed by atoms with van der Waals surface area (Å²) in [6.07, 6.45) is 3.06. The van der Waals surface area contributed by atoms with Gasteiger partial charge in [0.2, 0.25) is 5.91 Å². The monoisotopic (exact) mass is 360 g/mol. The van der Waals surface area contributed by atoms with Gasteiger partial charge in [0.15, 0.2) is 10.9 Å². The number of methoxy groups -OCH3 is 2. The molecule has 0 N–H and O–H groups in total. The zero-order valence-corrected chi connectivity index (χ0v) is 15.4. The van der Waals surface area contributed by atoms with Crippen LogP contribution in [0.15, 0.2) is 29.7 Å². The van der Waals surface area contributed by atoms with E-state index in [0.29, 0.717) is 34.4 Å². The minimum absolute atomic E-state index is 0.0635. The summed E-state index contributed by atoms with van der Waals surface area (Å²) in [5.41, 5.74) is 1.06. The van der Waals surface area contributed by atoms with E-state index in [-0.39, 0.29) is 11.7 Å². The van der Waals surface area contributed by atoms with Crippen molar-refractivity contribution in [3.05, 3.63) is 40.9 Å². The van der Waals surface area contributed by atoms with Crippen LogP contribution in [0.1, 0.15) is 29.9 Å². The Hall–Kier alpha value is -2.67. The zero-order chi connectivity index (χ0) is 18.4. The molecule has 1 heterocycles. The number of anilines is 1. The van der Waals surface area contributed by atoms with E-state index in [1.54, 1.807) is 41.7 Å². The smallest absolute Gasteiger partial charge is 0.225 e. The lowest BCUT2D eigenvalue weighted by molar-refractivity contribution is -0.116. The van der Waals surface area contributed by atoms with Gasteiger partial charge in [-0.25, -0.2) is 4.98 Å². The third-order valence-electron chi connectivity index (χ3n) is 3.52. The number of carbonyl (C=O) groups is 2. The average Bonchev–Trinajstić information content (AvgIpc) is 3.07. The molecule has 0 radical (unpaired) electrons. The molecule has 7 heteroatoms. The molecule has 0 aliphatic heterocycles. The SMILES string of the molecule is CCN(C(C)=O)c1nc(/C=C/C(=O)c2ccc(OC)cc2OC)cs1. The van der Waals surface area contributed by atoms with Crippen molar-refractivity contribution >= 4 is 34.2 Å². The van der Waals surface area contributed by atoms with Gasteiger partial charge in [0.25, 0.3) is 0 Å². The van der Waals surface area contributed by atoms with Crippen LogP contribution in [0.5, 0.6) is 11.5 Å². The Kier molecular flexibility index (Phi) is 6.30. The molecular formula is C18H20N2O4S. The first-order chi connectivity index (χ1) is 12.0. The summed E-state index contributed by atoms with van der Waals surface area (Å²) in [5, 5.41) is 2.42. The molecule has 0 spiro atoms. The van der Waals surface area contributed by atoms with Crippen molar-refractivity contribution in [2.45, 2.75) is 13.8 Å². The second-order valence-electron chi connectivity index (χ2n) is 5.08. The molecule has 132 valence electrons. The highest BCUT2D eigenvalue weighted by molar-refractivity contribution is 7.14. The molecule has 0 bridgehead atoms. The molecule has 1 amide bonds. The molecular weight excluding hydrogens is 340 g/mol. The molecule has 2 rings (SSSR count). The fraction of sp³-hybridized carbons (Fsp3) is 0.278. The van der Waals surface area contributed by atoms with Gasteiger partial charge in [0, 0.05) is 24.9 Å². The fourth-order valence-corrected chi connectivity index (χ4v) is 3.12. The van der Waals surface area contributed by atoms with E-state index in [4.69, 9.17) is 9.47 Å². The van der Waals surface area contributed by atoms with Crippen LogP contribution in [-0.2, 0) is 4.79 Å². The molecule has 0 fully saturated rings. The maximum atomic E-state index is 12.4. The minimum Gasteiger partial charge on any atom is -0.497 e. The van der Waals surface area contributed by atoms with E-state index in [2.05, 4.69) is 4.98 Å². The van der Waals surface area contributed by atoms with Gasteiger partial charge in [-0.3, -0.25) is 14.5 Å². The van der Waals surface area contributed by atoms with Gasteiger partial charge < -0.3 is 9.47 Å². The summed E-state index contributed by atoms with van der Waals surface area (Å²) < 4.78 is 10.4. The van der Waals surface area contributed by atoms with Crippen molar-refractivity contribution < 1.29 is 19.1 Å². The first-order valence-electron chi connectivity index (χ1n) is 7.68. The lowest BCUT2D eigenvalue weighted by Gasteiger charge is -2.14. The average molecular weight is 360 g/mol. The van der Waals surface area contributed by atoms with Crippen LogP contribution in [0, 0.1) is 0 Å². The summed E-state index contributed by atoms with van der Waals surface area (Å²) in [4.78, 5) is 29.9. The van der Waals surface area contributed by atoms with Crippen molar-refractivity contribution in [2.75, 3.05) is 25.7 Å². The van der Waals surface area contributed by atoms with Crippen LogP contribution in [0.4, 0.5) is 5.13 Å². The van der Waals surface area contributed by atoms with Crippen LogP contribution < -0.4 is 14.4 Å². The van der Waals surface area contributed by atoms with E-state index in [1.165, 1.54) is 31.4 Å². The van der Waals surface area contributed by atoms with E-state index in [1.807, 2.05) is 6.92 Å². The Balaban J connectivity index is 2.18. The number of carbonyl (C=O) groups excluding carboxylic acids is 2. The van der Waals surface area contributed by atoms with Gasteiger partial charge >= 0.3 is 0 Å². The molecule has 6 nitrogen and oxygen atoms in total. The fourth-order valence-electron chi connectivity index (χ4n) is 2.22. The number of hydrogen-bond acceptors (Lipinski definition) is 6. The lowest BCUT2D eigenvalue weighted by atomic mass is 10.1. The Morgan fingerprint density at radius 2 is 2.04 bits per heavy atom. The van der Waals surface area contributed by atoms with Gasteiger partial charge in [-0.1, -0.05) is 0 Å². The number of thiazole rings is 1. The van der Waals surface area contributed by atoms with Crippen molar-refractivity contribution in [2.24, 2.45) is 0 Å². The summed E-state index contributed by atoms with van der Waals surface area (Å²) in [6.45, 7) is 3.94. The Morgan fingerprint density at radius 1 is 1.28 bits per heavy atom. The van der Waals surface area contributed by atoms with Gasteiger partial charge in [0.05, 0.1) is 25.5 Å². The summed E-state index contributed by atoms with van der Waals surface area (Å²) >= 11 is 1.36. The number of ketones is 1. The molecule has 1 aromatic carbocycles. The summed E-state index contributed by atoms with van der Waals surface area (Å²) in [6, 6.07) is 5.02. The highest BCUT2D eigenvalue weighted by Gasteiger charge is 2.14. The van der Waals surface area contributed by atoms with Crippen molar-refractivity contribution in [3.8, 4) is 11.5 Å². The number of allylic oxidation sites excluding steroid dienone is 1. The Morgan fingerprint density at radius 3 is 2.64 bits per heavy atom. The van der Waals surface area contributed by atoms with Crippen LogP contribution in [0.2, 0.25) is 0 Å². The highest BCUT2D eigenvalue weighted by atomic mass is 32.1. The number of ether oxygens (including phenoxy) is 2. The quantitative estimate of drug-likeness (QED) is 0.559. The maximum absolute atomic E-state index is 12.4. The molecule has 0 aliphatic rings. The normalized spacial score (nSPS) is 10.7. The number of nitrogens with zero attached hydrogens (tertiary/aromatic N) is 2. The van der Waals surface area contributed by atoms with E-state index in [9.17, 15) is 9.59 Å². The van der Waals surface area contributed by atoms with Gasteiger partial charge in [-0.2, -0.15) is 0 Å². The van der Waals surface area contributed by atoms with Crippen molar-refractivity contribution in [1.29, 1.82) is 0 Å². The Labute approximate surface area is 150 Å². The minimum atomic E-state index is -0.201. The van der Waals surface area contributed by atoms with Crippen molar-refractivity contribution in [3.63, 3.8) is 0 Å². The van der Waals surface area contributed by atoms with Crippen LogP contribution in [-0.4, -0.2) is 37.4 Å². The van der Waals surface area contributed by atoms with E-state index < -0.39 is 0 Å². The molecule has 1 aromatic heterocycles. The third-order valence-corrected chi connectivity index (χ3v) is 4.40. The van der Waals surface area contributed by atoms with Crippen LogP contribution >= 0.6 is 11.3 Å². The highest BCUT2D eigenvalue weighted by Crippen LogP contribution is 2.26. The number of benzene rings is 1. The second-order valence-corrected chi connectivity index (χ2v) is 5.92. The summed E-state index contributed by atoms with van der Waals surface area (Å²) in [7, 11) is 3.06. The predicted octanol–water partition coefficient (Wildman–Crippen LogP) is 3.43. The van der Waals surface area contributed by atoms with Crippen LogP contribution in [0.25, 0.3) is 6.08 Å². The topological polar surface area (TPSA) is 68.7 Å². The molecule has 0 unspecified atom stereocenters. The number of hydrogen-bond donors (Lipinski definition) is 0. The van der Waals surface area contributed by atoms with Gasteiger partial charge in [-0.05, 0) is 31.2 Å². The lowest BCUT2D eigenvalue weighted by Crippen LogP contribution is -2.27. The Bertz CT molecular complexity index is 798. The number of amides is 1. The molecule has 0 atom stereocenters. The standard InChI is InChI=1S/C18H20N2O4S/c1-5-20(12(2)21)18-19-13(11-25-18)6-9-16(22)15-8-7-14(23-3)10-17(15)24-4/h6-11H,5H2,1-4H3/b9-6+. The number of rotatable bonds is 7. The molecule has 25 heavy (non-hydrogen) atoms. The predicted molar refractivity (Wildman–Crippen MR) is 98.7 cm³/mol. The largest absolute Gasteiger partial charge is 0.497 e. The third kappa shape index (κ3) is 4.45. The van der Waals surface area contributed by atoms with Crippen LogP contribution in [0.3, 0.4) is 0 Å². The maximum Gasteiger partial charge on any atom is 0.225 e. The number of aromatic nitrogens is 1. The molecule has 0 saturated heterocycles. The second kappa shape index (κ2) is 8.43. The molecule has 0 aliphatic carbocycles. The van der Waals surface area contributed by atoms with Gasteiger partial charge in [0.1, 0.15) is 11.5 Å². The van der Waals surface area contributed by atoms with E-state index in [0.717, 1.165) is 0 Å². The summed E-state index contributed by atoms with van der Waals surface area (Å²) in [5.74, 6) is 0.798. The zero-order valence-electron chi connectivity index (χ0n) is 14.6. The first kappa shape index (κ1) is 18.7. The molecule has 2 aromatic rings. The van der Waals surface area contributed by atoms with Gasteiger partial charge in [-0.15, -0.1) is 11.3 Å². The molecule has 0 saturated carbocycles.